The van der Waals surface area contributed by atoms with E-state index >= 15 is 0 Å². The molecule has 0 spiro atoms. The number of pyridine rings is 3. The fraction of sp³-hybridized carbons (Fsp3) is 0. The molecule has 180 valence electrons. The summed E-state index contributed by atoms with van der Waals surface area (Å²) in [6.45, 7) is 0. The first-order valence-corrected chi connectivity index (χ1v) is 12.3. The number of aromatic nitrogens is 4. The molecule has 0 saturated heterocycles. The Hall–Kier alpha value is -5.03. The molecule has 0 atom stereocenters. The van der Waals surface area contributed by atoms with Crippen LogP contribution in [0.25, 0.3) is 48.6 Å². The number of hydrogen-bond donors (Lipinski definition) is 0. The van der Waals surface area contributed by atoms with Crippen LogP contribution < -0.4 is 0 Å². The topological polar surface area (TPSA) is 51.6 Å². The van der Waals surface area contributed by atoms with Gasteiger partial charge < -0.3 is 0 Å². The summed E-state index contributed by atoms with van der Waals surface area (Å²) < 4.78 is 0. The van der Waals surface area contributed by atoms with E-state index in [4.69, 9.17) is 0 Å². The molecule has 0 amide bonds. The van der Waals surface area contributed by atoms with Crippen LogP contribution in [0.3, 0.4) is 0 Å². The maximum atomic E-state index is 4.13. The Morgan fingerprint density at radius 3 is 1.08 bits per heavy atom. The van der Waals surface area contributed by atoms with Gasteiger partial charge in [-0.2, -0.15) is 0 Å². The van der Waals surface area contributed by atoms with Crippen molar-refractivity contribution in [3.63, 3.8) is 0 Å². The first-order chi connectivity index (χ1) is 18.8. The van der Waals surface area contributed by atoms with Crippen LogP contribution in [0.2, 0.25) is 0 Å². The molecule has 5 aromatic rings. The van der Waals surface area contributed by atoms with Crippen molar-refractivity contribution >= 4 is 55.7 Å². The van der Waals surface area contributed by atoms with E-state index in [1.165, 1.54) is 0 Å². The first-order valence-electron chi connectivity index (χ1n) is 12.3. The van der Waals surface area contributed by atoms with Crippen LogP contribution in [0.1, 0.15) is 44.5 Å². The molecule has 4 nitrogen and oxygen atoms in total. The van der Waals surface area contributed by atoms with Crippen LogP contribution in [-0.2, 0) is 0 Å². The molecule has 0 aliphatic heterocycles. The van der Waals surface area contributed by atoms with Gasteiger partial charge in [0.1, 0.15) is 0 Å². The molecule has 4 heterocycles. The van der Waals surface area contributed by atoms with Crippen molar-refractivity contribution in [1.29, 1.82) is 0 Å². The summed E-state index contributed by atoms with van der Waals surface area (Å²) in [5, 5.41) is 0. The molecule has 0 N–H and O–H groups in total. The average molecular weight is 488 g/mol. The Kier molecular flexibility index (Phi) is 8.30. The summed E-state index contributed by atoms with van der Waals surface area (Å²) in [5.41, 5.74) is 8.84. The van der Waals surface area contributed by atoms with Gasteiger partial charge in [-0.05, 0) is 0 Å². The van der Waals surface area contributed by atoms with E-state index in [-0.39, 0.29) is 0 Å². The van der Waals surface area contributed by atoms with E-state index in [1.807, 2.05) is 48.4 Å². The fourth-order valence-electron chi connectivity index (χ4n) is 3.89. The summed E-state index contributed by atoms with van der Waals surface area (Å²) in [7, 11) is 1.81. The van der Waals surface area contributed by atoms with E-state index in [0.717, 1.165) is 44.5 Å². The number of benzene rings is 1. The number of hydrogen-bond acceptors (Lipinski definition) is 4. The molecule has 38 heavy (non-hydrogen) atoms. The average Bonchev–Trinajstić information content (AvgIpc) is 2.99. The molecule has 5 rings (SSSR count). The van der Waals surface area contributed by atoms with Crippen LogP contribution in [-0.4, -0.2) is 26.9 Å². The van der Waals surface area contributed by atoms with Crippen molar-refractivity contribution in [3.8, 4) is 0 Å². The molecule has 0 radical (unpaired) electrons. The Balaban J connectivity index is 1.60. The molecule has 1 aromatic carbocycles. The molecule has 5 heteroatoms. The van der Waals surface area contributed by atoms with Gasteiger partial charge >= 0.3 is 202 Å². The minimum atomic E-state index is 1.10. The molecule has 0 aliphatic carbocycles. The molecule has 0 aliphatic rings. The standard InChI is InChI=1S/C33H25BN4/c1(26-9-16-35-17-10-26)5-30-23-32(7-3-28-13-20-37-21-14-28)33(8-4-29-15-22-38-34-25-29)24-31(30)6-2-27-11-18-36-19-12-27/h1-25H/b5-1+,6-2+,7-3+,8-4+. The summed E-state index contributed by atoms with van der Waals surface area (Å²) in [6.07, 6.45) is 29.7. The van der Waals surface area contributed by atoms with Crippen LogP contribution in [0.4, 0.5) is 0 Å². The predicted molar refractivity (Wildman–Crippen MR) is 160 cm³/mol. The molecule has 0 unspecified atom stereocenters. The molecule has 0 bridgehead atoms. The van der Waals surface area contributed by atoms with E-state index in [9.17, 15) is 0 Å². The van der Waals surface area contributed by atoms with Gasteiger partial charge in [-0.1, -0.05) is 0 Å². The van der Waals surface area contributed by atoms with E-state index < -0.39 is 0 Å². The minimum absolute atomic E-state index is 1.10. The summed E-state index contributed by atoms with van der Waals surface area (Å²) >= 11 is 0. The van der Waals surface area contributed by atoms with Crippen LogP contribution in [0, 0.1) is 0 Å². The van der Waals surface area contributed by atoms with E-state index in [1.54, 1.807) is 50.4 Å². The van der Waals surface area contributed by atoms with Crippen molar-refractivity contribution in [2.45, 2.75) is 0 Å². The molecular weight excluding hydrogens is 463 g/mol. The Morgan fingerprint density at radius 2 is 0.737 bits per heavy atom. The summed E-state index contributed by atoms with van der Waals surface area (Å²) in [5.74, 6) is 2.00. The molecule has 0 saturated carbocycles. The second-order valence-corrected chi connectivity index (χ2v) is 8.57. The molecule has 4 aromatic heterocycles. The van der Waals surface area contributed by atoms with Gasteiger partial charge in [0.05, 0.1) is 0 Å². The monoisotopic (exact) mass is 488 g/mol. The predicted octanol–water partition coefficient (Wildman–Crippen LogP) is 7.29. The molecule has 0 fully saturated rings. The summed E-state index contributed by atoms with van der Waals surface area (Å²) in [4.78, 5) is 16.5. The zero-order chi connectivity index (χ0) is 25.8. The maximum absolute atomic E-state index is 4.13. The van der Waals surface area contributed by atoms with Gasteiger partial charge in [0.25, 0.3) is 0 Å². The number of rotatable bonds is 8. The van der Waals surface area contributed by atoms with Crippen LogP contribution in [0.15, 0.2) is 104 Å². The summed E-state index contributed by atoms with van der Waals surface area (Å²) in [6, 6.07) is 18.5. The van der Waals surface area contributed by atoms with Crippen LogP contribution in [0.5, 0.6) is 0 Å². The van der Waals surface area contributed by atoms with Gasteiger partial charge in [0.2, 0.25) is 0 Å². The third-order valence-electron chi connectivity index (χ3n) is 5.93. The van der Waals surface area contributed by atoms with Crippen molar-refractivity contribution in [2.75, 3.05) is 0 Å². The van der Waals surface area contributed by atoms with Crippen LogP contribution >= 0.6 is 0 Å². The van der Waals surface area contributed by atoms with Crippen molar-refractivity contribution in [2.24, 2.45) is 0 Å². The first kappa shape index (κ1) is 24.7. The quantitative estimate of drug-likeness (QED) is 0.230. The number of nitrogens with zero attached hydrogens (tertiary/aromatic N) is 4. The normalized spacial score (nSPS) is 11.7. The zero-order valence-electron chi connectivity index (χ0n) is 20.8. The van der Waals surface area contributed by atoms with Gasteiger partial charge in [0, 0.05) is 12.4 Å². The Bertz CT molecular complexity index is 1340. The third kappa shape index (κ3) is 7.02. The van der Waals surface area contributed by atoms with E-state index in [2.05, 4.69) is 80.6 Å². The van der Waals surface area contributed by atoms with Gasteiger partial charge in [-0.25, -0.2) is 0 Å². The second-order valence-electron chi connectivity index (χ2n) is 8.57. The molecular formula is C33H25BN4. The SMILES string of the molecule is b1cc(/C=C/c2cc(/C=C/c3ccncc3)c(/C=C/c3ccncc3)cc2/C=C/c2ccncc2)ccn1. The van der Waals surface area contributed by atoms with Crippen molar-refractivity contribution in [3.05, 3.63) is 148 Å². The van der Waals surface area contributed by atoms with Crippen molar-refractivity contribution in [1.82, 2.24) is 19.8 Å². The Morgan fingerprint density at radius 1 is 0.395 bits per heavy atom. The van der Waals surface area contributed by atoms with Gasteiger partial charge in [0.15, 0.2) is 0 Å². The van der Waals surface area contributed by atoms with Gasteiger partial charge in [-0.3, -0.25) is 9.97 Å². The second kappa shape index (κ2) is 12.8. The Labute approximate surface area is 223 Å². The van der Waals surface area contributed by atoms with Crippen molar-refractivity contribution < 1.29 is 0 Å². The van der Waals surface area contributed by atoms with E-state index in [0.29, 0.717) is 0 Å². The fourth-order valence-corrected chi connectivity index (χ4v) is 3.89. The van der Waals surface area contributed by atoms with Gasteiger partial charge in [-0.15, -0.1) is 0 Å². The third-order valence-corrected chi connectivity index (χ3v) is 5.93. The zero-order valence-corrected chi connectivity index (χ0v) is 20.8.